The molecule has 1 aliphatic rings. The summed E-state index contributed by atoms with van der Waals surface area (Å²) < 4.78 is 5.13. The van der Waals surface area contributed by atoms with Crippen molar-refractivity contribution in [2.24, 2.45) is 0 Å². The zero-order valence-electron chi connectivity index (χ0n) is 10.3. The number of benzene rings is 1. The summed E-state index contributed by atoms with van der Waals surface area (Å²) in [5.74, 6) is 0.770. The molecule has 0 radical (unpaired) electrons. The molecule has 0 saturated carbocycles. The van der Waals surface area contributed by atoms with Crippen LogP contribution < -0.4 is 10.1 Å². The summed E-state index contributed by atoms with van der Waals surface area (Å²) in [6.07, 6.45) is 1.02. The highest BCUT2D eigenvalue weighted by Crippen LogP contribution is 2.16. The van der Waals surface area contributed by atoms with Gasteiger partial charge in [0.1, 0.15) is 5.75 Å². The third kappa shape index (κ3) is 2.58. The summed E-state index contributed by atoms with van der Waals surface area (Å²) >= 11 is 0. The first-order valence-electron chi connectivity index (χ1n) is 5.84. The van der Waals surface area contributed by atoms with Gasteiger partial charge in [0.15, 0.2) is 0 Å². The lowest BCUT2D eigenvalue weighted by atomic mass is 10.1. The smallest absolute Gasteiger partial charge is 0.254 e. The Labute approximate surface area is 102 Å². The van der Waals surface area contributed by atoms with Crippen molar-refractivity contribution >= 4 is 5.91 Å². The van der Waals surface area contributed by atoms with Crippen LogP contribution in [-0.2, 0) is 0 Å². The molecule has 0 spiro atoms. The molecule has 1 heterocycles. The lowest BCUT2D eigenvalue weighted by Gasteiger charge is -2.23. The molecule has 1 atom stereocenters. The Morgan fingerprint density at radius 3 is 3.00 bits per heavy atom. The minimum atomic E-state index is 0.0533. The third-order valence-electron chi connectivity index (χ3n) is 3.22. The summed E-state index contributed by atoms with van der Waals surface area (Å²) in [5.41, 5.74) is 0.679. The van der Waals surface area contributed by atoms with Crippen LogP contribution >= 0.6 is 0 Å². The van der Waals surface area contributed by atoms with Gasteiger partial charge in [0, 0.05) is 25.2 Å². The minimum Gasteiger partial charge on any atom is -0.497 e. The fraction of sp³-hybridized carbons (Fsp3) is 0.462. The average Bonchev–Trinajstić information content (AvgIpc) is 2.91. The molecule has 1 saturated heterocycles. The van der Waals surface area contributed by atoms with Crippen molar-refractivity contribution in [2.75, 3.05) is 27.2 Å². The van der Waals surface area contributed by atoms with E-state index in [9.17, 15) is 4.79 Å². The first kappa shape index (κ1) is 11.9. The molecule has 4 heteroatoms. The normalized spacial score (nSPS) is 19.1. The van der Waals surface area contributed by atoms with Crippen LogP contribution in [0.15, 0.2) is 24.3 Å². The molecule has 0 aliphatic carbocycles. The lowest BCUT2D eigenvalue weighted by Crippen LogP contribution is -2.38. The van der Waals surface area contributed by atoms with E-state index in [1.54, 1.807) is 13.2 Å². The van der Waals surface area contributed by atoms with Gasteiger partial charge < -0.3 is 15.0 Å². The second-order valence-corrected chi connectivity index (χ2v) is 4.29. The van der Waals surface area contributed by atoms with Gasteiger partial charge in [-0.25, -0.2) is 0 Å². The number of hydrogen-bond acceptors (Lipinski definition) is 3. The molecule has 4 nitrogen and oxygen atoms in total. The molecular weight excluding hydrogens is 216 g/mol. The molecule has 0 bridgehead atoms. The maximum absolute atomic E-state index is 12.2. The molecule has 17 heavy (non-hydrogen) atoms. The van der Waals surface area contributed by atoms with Crippen LogP contribution in [0.1, 0.15) is 16.8 Å². The topological polar surface area (TPSA) is 41.6 Å². The summed E-state index contributed by atoms with van der Waals surface area (Å²) in [4.78, 5) is 14.1. The van der Waals surface area contributed by atoms with E-state index in [0.717, 1.165) is 19.5 Å². The Kier molecular flexibility index (Phi) is 3.64. The van der Waals surface area contributed by atoms with Crippen molar-refractivity contribution in [1.29, 1.82) is 0 Å². The van der Waals surface area contributed by atoms with Gasteiger partial charge in [-0.2, -0.15) is 0 Å². The Morgan fingerprint density at radius 2 is 2.35 bits per heavy atom. The zero-order chi connectivity index (χ0) is 12.3. The molecule has 1 amide bonds. The minimum absolute atomic E-state index is 0.0533. The molecular formula is C13H18N2O2. The molecule has 1 fully saturated rings. The Bertz CT molecular complexity index is 400. The number of likely N-dealkylation sites (N-methyl/N-ethyl adjacent to an activating group) is 1. The number of nitrogens with zero attached hydrogens (tertiary/aromatic N) is 1. The molecule has 0 aromatic heterocycles. The third-order valence-corrected chi connectivity index (χ3v) is 3.22. The largest absolute Gasteiger partial charge is 0.497 e. The quantitative estimate of drug-likeness (QED) is 0.852. The van der Waals surface area contributed by atoms with Crippen molar-refractivity contribution in [3.05, 3.63) is 29.8 Å². The second kappa shape index (κ2) is 5.19. The summed E-state index contributed by atoms with van der Waals surface area (Å²) in [6.45, 7) is 1.87. The van der Waals surface area contributed by atoms with E-state index in [1.165, 1.54) is 0 Å². The Hall–Kier alpha value is -1.55. The maximum Gasteiger partial charge on any atom is 0.254 e. The van der Waals surface area contributed by atoms with Crippen molar-refractivity contribution < 1.29 is 9.53 Å². The van der Waals surface area contributed by atoms with E-state index in [-0.39, 0.29) is 5.91 Å². The van der Waals surface area contributed by atoms with E-state index in [1.807, 2.05) is 30.1 Å². The van der Waals surface area contributed by atoms with E-state index in [2.05, 4.69) is 5.32 Å². The maximum atomic E-state index is 12.2. The average molecular weight is 234 g/mol. The van der Waals surface area contributed by atoms with Gasteiger partial charge in [-0.1, -0.05) is 6.07 Å². The summed E-state index contributed by atoms with van der Waals surface area (Å²) in [5, 5.41) is 3.26. The van der Waals surface area contributed by atoms with Crippen LogP contribution in [0.5, 0.6) is 5.75 Å². The first-order chi connectivity index (χ1) is 8.22. The monoisotopic (exact) mass is 234 g/mol. The van der Waals surface area contributed by atoms with Gasteiger partial charge in [0.2, 0.25) is 0 Å². The number of carbonyl (C=O) groups excluding carboxylic acids is 1. The fourth-order valence-electron chi connectivity index (χ4n) is 2.10. The van der Waals surface area contributed by atoms with Gasteiger partial charge >= 0.3 is 0 Å². The highest BCUT2D eigenvalue weighted by Gasteiger charge is 2.23. The van der Waals surface area contributed by atoms with Gasteiger partial charge in [0.05, 0.1) is 7.11 Å². The summed E-state index contributed by atoms with van der Waals surface area (Å²) in [7, 11) is 3.47. The first-order valence-corrected chi connectivity index (χ1v) is 5.84. The SMILES string of the molecule is COc1cccc(C(=O)N(C)[C@@H]2CCNC2)c1. The van der Waals surface area contributed by atoms with E-state index in [0.29, 0.717) is 17.4 Å². The number of amides is 1. The number of methoxy groups -OCH3 is 1. The highest BCUT2D eigenvalue weighted by atomic mass is 16.5. The Morgan fingerprint density at radius 1 is 1.53 bits per heavy atom. The van der Waals surface area contributed by atoms with Crippen molar-refractivity contribution in [1.82, 2.24) is 10.2 Å². The Balaban J connectivity index is 2.12. The number of hydrogen-bond donors (Lipinski definition) is 1. The lowest BCUT2D eigenvalue weighted by molar-refractivity contribution is 0.0743. The van der Waals surface area contributed by atoms with Crippen LogP contribution in [0.3, 0.4) is 0 Å². The van der Waals surface area contributed by atoms with Crippen molar-refractivity contribution in [3.8, 4) is 5.75 Å². The number of ether oxygens (including phenoxy) is 1. The van der Waals surface area contributed by atoms with Crippen LogP contribution in [-0.4, -0.2) is 44.1 Å². The predicted octanol–water partition coefficient (Wildman–Crippen LogP) is 1.13. The van der Waals surface area contributed by atoms with E-state index >= 15 is 0 Å². The second-order valence-electron chi connectivity index (χ2n) is 4.29. The van der Waals surface area contributed by atoms with E-state index in [4.69, 9.17) is 4.74 Å². The fourth-order valence-corrected chi connectivity index (χ4v) is 2.10. The molecule has 0 unspecified atom stereocenters. The molecule has 1 aromatic carbocycles. The van der Waals surface area contributed by atoms with Crippen LogP contribution in [0, 0.1) is 0 Å². The van der Waals surface area contributed by atoms with Gasteiger partial charge in [-0.3, -0.25) is 4.79 Å². The number of rotatable bonds is 3. The highest BCUT2D eigenvalue weighted by molar-refractivity contribution is 5.94. The van der Waals surface area contributed by atoms with Crippen LogP contribution in [0.25, 0.3) is 0 Å². The van der Waals surface area contributed by atoms with Crippen molar-refractivity contribution in [2.45, 2.75) is 12.5 Å². The molecule has 1 aromatic rings. The number of carbonyl (C=O) groups is 1. The summed E-state index contributed by atoms with van der Waals surface area (Å²) in [6, 6.07) is 7.58. The molecule has 1 N–H and O–H groups in total. The zero-order valence-corrected chi connectivity index (χ0v) is 10.3. The van der Waals surface area contributed by atoms with Gasteiger partial charge in [0.25, 0.3) is 5.91 Å². The van der Waals surface area contributed by atoms with Gasteiger partial charge in [-0.05, 0) is 31.2 Å². The van der Waals surface area contributed by atoms with Crippen LogP contribution in [0.4, 0.5) is 0 Å². The molecule has 2 rings (SSSR count). The molecule has 92 valence electrons. The molecule has 1 aliphatic heterocycles. The van der Waals surface area contributed by atoms with Gasteiger partial charge in [-0.15, -0.1) is 0 Å². The standard InChI is InChI=1S/C13H18N2O2/c1-15(11-6-7-14-9-11)13(16)10-4-3-5-12(8-10)17-2/h3-5,8,11,14H,6-7,9H2,1-2H3/t11-/m1/s1. The predicted molar refractivity (Wildman–Crippen MR) is 66.4 cm³/mol. The van der Waals surface area contributed by atoms with Crippen LogP contribution in [0.2, 0.25) is 0 Å². The number of nitrogens with one attached hydrogen (secondary N) is 1. The van der Waals surface area contributed by atoms with Crippen molar-refractivity contribution in [3.63, 3.8) is 0 Å². The van der Waals surface area contributed by atoms with E-state index < -0.39 is 0 Å².